The second-order valence-electron chi connectivity index (χ2n) is 8.32. The van der Waals surface area contributed by atoms with Crippen LogP contribution in [0.25, 0.3) is 11.3 Å². The minimum absolute atomic E-state index is 0.0913. The number of carbonyl (C=O) groups excluding carboxylic acids is 2. The van der Waals surface area contributed by atoms with Gasteiger partial charge < -0.3 is 19.5 Å². The maximum atomic E-state index is 13.4. The Morgan fingerprint density at radius 1 is 1.27 bits per heavy atom. The lowest BCUT2D eigenvalue weighted by molar-refractivity contribution is -0.144. The van der Waals surface area contributed by atoms with Crippen LogP contribution in [-0.4, -0.2) is 53.7 Å². The van der Waals surface area contributed by atoms with Crippen molar-refractivity contribution in [3.05, 3.63) is 42.2 Å². The molecule has 2 atom stereocenters. The van der Waals surface area contributed by atoms with E-state index in [1.165, 1.54) is 6.92 Å². The number of hydrogen-bond acceptors (Lipinski definition) is 5. The zero-order valence-corrected chi connectivity index (χ0v) is 17.4. The van der Waals surface area contributed by atoms with E-state index >= 15 is 0 Å². The van der Waals surface area contributed by atoms with Crippen molar-refractivity contribution < 1.29 is 18.8 Å². The van der Waals surface area contributed by atoms with E-state index in [1.807, 2.05) is 36.4 Å². The maximum absolute atomic E-state index is 13.4. The first kappa shape index (κ1) is 20.6. The van der Waals surface area contributed by atoms with Gasteiger partial charge in [0.1, 0.15) is 17.0 Å². The third-order valence-electron chi connectivity index (χ3n) is 6.19. The van der Waals surface area contributed by atoms with Crippen LogP contribution < -0.4 is 5.32 Å². The monoisotopic (exact) mass is 411 g/mol. The van der Waals surface area contributed by atoms with Gasteiger partial charge in [0.15, 0.2) is 0 Å². The molecule has 0 spiro atoms. The number of carbonyl (C=O) groups is 2. The van der Waals surface area contributed by atoms with E-state index < -0.39 is 5.54 Å². The Morgan fingerprint density at radius 2 is 2.10 bits per heavy atom. The minimum Gasteiger partial charge on any atom is -0.381 e. The summed E-state index contributed by atoms with van der Waals surface area (Å²) >= 11 is 0. The van der Waals surface area contributed by atoms with Gasteiger partial charge in [0.05, 0.1) is 6.61 Å². The van der Waals surface area contributed by atoms with E-state index in [4.69, 9.17) is 9.26 Å². The van der Waals surface area contributed by atoms with Gasteiger partial charge in [-0.25, -0.2) is 0 Å². The highest BCUT2D eigenvalue weighted by Gasteiger charge is 2.49. The fourth-order valence-electron chi connectivity index (χ4n) is 4.64. The lowest BCUT2D eigenvalue weighted by Gasteiger charge is -2.36. The summed E-state index contributed by atoms with van der Waals surface area (Å²) in [5, 5.41) is 7.29. The summed E-state index contributed by atoms with van der Waals surface area (Å²) in [6.07, 6.45) is 3.79. The standard InChI is InChI=1S/C23H29N3O4/c1-17(27)26-11-6-10-23(26,22(28)24-15-18-7-5-12-29-16-18)14-20-13-21(25-30-20)19-8-3-2-4-9-19/h2-4,8-9,13,18H,5-7,10-12,14-16H2,1H3,(H,24,28)/t18-,23+/m1/s1. The fourth-order valence-corrected chi connectivity index (χ4v) is 4.64. The number of nitrogens with zero attached hydrogens (tertiary/aromatic N) is 2. The summed E-state index contributed by atoms with van der Waals surface area (Å²) in [6.45, 7) is 4.14. The third-order valence-corrected chi connectivity index (χ3v) is 6.19. The van der Waals surface area contributed by atoms with Crippen molar-refractivity contribution in [3.63, 3.8) is 0 Å². The van der Waals surface area contributed by atoms with Gasteiger partial charge in [-0.1, -0.05) is 35.5 Å². The molecule has 1 aromatic heterocycles. The molecule has 0 aliphatic carbocycles. The van der Waals surface area contributed by atoms with E-state index in [2.05, 4.69) is 10.5 Å². The topological polar surface area (TPSA) is 84.7 Å². The number of nitrogens with one attached hydrogen (secondary N) is 1. The molecule has 1 N–H and O–H groups in total. The number of benzene rings is 1. The molecule has 4 rings (SSSR count). The Morgan fingerprint density at radius 3 is 2.83 bits per heavy atom. The molecule has 30 heavy (non-hydrogen) atoms. The second-order valence-corrected chi connectivity index (χ2v) is 8.32. The van der Waals surface area contributed by atoms with Crippen LogP contribution in [0, 0.1) is 5.92 Å². The van der Waals surface area contributed by atoms with E-state index in [9.17, 15) is 9.59 Å². The first-order valence-corrected chi connectivity index (χ1v) is 10.7. The normalized spacial score (nSPS) is 24.0. The molecule has 0 radical (unpaired) electrons. The van der Waals surface area contributed by atoms with Crippen molar-refractivity contribution in [3.8, 4) is 11.3 Å². The highest BCUT2D eigenvalue weighted by atomic mass is 16.5. The van der Waals surface area contributed by atoms with Gasteiger partial charge >= 0.3 is 0 Å². The van der Waals surface area contributed by atoms with Gasteiger partial charge in [0.2, 0.25) is 11.8 Å². The van der Waals surface area contributed by atoms with Crippen molar-refractivity contribution in [2.24, 2.45) is 5.92 Å². The number of rotatable bonds is 6. The van der Waals surface area contributed by atoms with Crippen molar-refractivity contribution >= 4 is 11.8 Å². The quantitative estimate of drug-likeness (QED) is 0.790. The predicted molar refractivity (Wildman–Crippen MR) is 112 cm³/mol. The highest BCUT2D eigenvalue weighted by Crippen LogP contribution is 2.34. The van der Waals surface area contributed by atoms with Crippen molar-refractivity contribution in [2.75, 3.05) is 26.3 Å². The van der Waals surface area contributed by atoms with Crippen LogP contribution in [0.2, 0.25) is 0 Å². The zero-order valence-electron chi connectivity index (χ0n) is 17.4. The smallest absolute Gasteiger partial charge is 0.246 e. The second kappa shape index (κ2) is 9.00. The largest absolute Gasteiger partial charge is 0.381 e. The van der Waals surface area contributed by atoms with Gasteiger partial charge in [-0.3, -0.25) is 9.59 Å². The minimum atomic E-state index is -0.936. The molecule has 1 aromatic carbocycles. The van der Waals surface area contributed by atoms with Gasteiger partial charge in [-0.2, -0.15) is 0 Å². The number of ether oxygens (including phenoxy) is 1. The predicted octanol–water partition coefficient (Wildman–Crippen LogP) is 2.81. The average Bonchev–Trinajstić information content (AvgIpc) is 3.41. The maximum Gasteiger partial charge on any atom is 0.246 e. The Hall–Kier alpha value is -2.67. The van der Waals surface area contributed by atoms with Gasteiger partial charge in [0.25, 0.3) is 0 Å². The number of likely N-dealkylation sites (tertiary alicyclic amines) is 1. The fraction of sp³-hybridized carbons (Fsp3) is 0.522. The molecule has 2 aliphatic rings. The first-order chi connectivity index (χ1) is 14.6. The number of aromatic nitrogens is 1. The van der Waals surface area contributed by atoms with Crippen LogP contribution in [0.3, 0.4) is 0 Å². The first-order valence-electron chi connectivity index (χ1n) is 10.7. The molecular formula is C23H29N3O4. The van der Waals surface area contributed by atoms with E-state index in [1.54, 1.807) is 4.90 Å². The average molecular weight is 412 g/mol. The van der Waals surface area contributed by atoms with E-state index in [-0.39, 0.29) is 11.8 Å². The van der Waals surface area contributed by atoms with Crippen LogP contribution in [0.5, 0.6) is 0 Å². The lowest BCUT2D eigenvalue weighted by atomic mass is 9.88. The molecule has 2 aromatic rings. The van der Waals surface area contributed by atoms with Crippen LogP contribution >= 0.6 is 0 Å². The summed E-state index contributed by atoms with van der Waals surface area (Å²) in [6, 6.07) is 11.6. The van der Waals surface area contributed by atoms with Crippen LogP contribution in [0.4, 0.5) is 0 Å². The summed E-state index contributed by atoms with van der Waals surface area (Å²) in [4.78, 5) is 27.5. The summed E-state index contributed by atoms with van der Waals surface area (Å²) in [7, 11) is 0. The van der Waals surface area contributed by atoms with E-state index in [0.29, 0.717) is 44.2 Å². The summed E-state index contributed by atoms with van der Waals surface area (Å²) < 4.78 is 11.1. The molecule has 7 nitrogen and oxygen atoms in total. The molecule has 0 saturated carbocycles. The van der Waals surface area contributed by atoms with Gasteiger partial charge in [-0.05, 0) is 31.6 Å². The molecule has 160 valence electrons. The zero-order chi connectivity index (χ0) is 21.0. The SMILES string of the molecule is CC(=O)N1CCC[C@]1(Cc1cc(-c2ccccc2)no1)C(=O)NC[C@H]1CCCOC1. The molecule has 0 unspecified atom stereocenters. The molecule has 2 aliphatic heterocycles. The van der Waals surface area contributed by atoms with Crippen molar-refractivity contribution in [1.29, 1.82) is 0 Å². The molecular weight excluding hydrogens is 382 g/mol. The Bertz CT molecular complexity index is 876. The van der Waals surface area contributed by atoms with Crippen LogP contribution in [0.1, 0.15) is 38.4 Å². The Labute approximate surface area is 176 Å². The molecule has 0 bridgehead atoms. The van der Waals surface area contributed by atoms with Crippen LogP contribution in [-0.2, 0) is 20.7 Å². The summed E-state index contributed by atoms with van der Waals surface area (Å²) in [5.74, 6) is 0.727. The lowest BCUT2D eigenvalue weighted by Crippen LogP contribution is -2.59. The van der Waals surface area contributed by atoms with Gasteiger partial charge in [0, 0.05) is 44.7 Å². The van der Waals surface area contributed by atoms with E-state index in [0.717, 1.165) is 37.1 Å². The Kier molecular flexibility index (Phi) is 6.18. The van der Waals surface area contributed by atoms with Crippen molar-refractivity contribution in [2.45, 2.75) is 44.6 Å². The number of hydrogen-bond donors (Lipinski definition) is 1. The Balaban J connectivity index is 1.53. The molecule has 3 heterocycles. The number of amides is 2. The third kappa shape index (κ3) is 4.26. The molecule has 7 heteroatoms. The molecule has 2 amide bonds. The molecule has 2 saturated heterocycles. The summed E-state index contributed by atoms with van der Waals surface area (Å²) in [5.41, 5.74) is 0.750. The van der Waals surface area contributed by atoms with Crippen molar-refractivity contribution in [1.82, 2.24) is 15.4 Å². The highest BCUT2D eigenvalue weighted by molar-refractivity contribution is 5.91. The van der Waals surface area contributed by atoms with Gasteiger partial charge in [-0.15, -0.1) is 0 Å². The van der Waals surface area contributed by atoms with Crippen LogP contribution in [0.15, 0.2) is 40.9 Å². The molecule has 2 fully saturated rings.